The maximum Gasteiger partial charge on any atom is 0.323 e. The highest BCUT2D eigenvalue weighted by atomic mass is 16.5. The molecule has 4 nitrogen and oxygen atoms in total. The van der Waals surface area contributed by atoms with Crippen molar-refractivity contribution in [2.24, 2.45) is 5.92 Å². The second kappa shape index (κ2) is 6.53. The molecule has 0 spiro atoms. The van der Waals surface area contributed by atoms with Gasteiger partial charge in [0.05, 0.1) is 0 Å². The third-order valence-electron chi connectivity index (χ3n) is 4.46. The number of nitrogens with zero attached hydrogens (tertiary/aromatic N) is 2. The summed E-state index contributed by atoms with van der Waals surface area (Å²) < 4.78 is 5.45. The Morgan fingerprint density at radius 3 is 2.44 bits per heavy atom. The number of likely N-dealkylation sites (N-methyl/N-ethyl adjacent to an activating group) is 1. The van der Waals surface area contributed by atoms with E-state index in [9.17, 15) is 4.79 Å². The van der Waals surface area contributed by atoms with Gasteiger partial charge in [0.15, 0.2) is 0 Å². The van der Waals surface area contributed by atoms with Gasteiger partial charge in [-0.2, -0.15) is 0 Å². The van der Waals surface area contributed by atoms with Crippen LogP contribution in [0.25, 0.3) is 0 Å². The maximum absolute atomic E-state index is 12.1. The van der Waals surface area contributed by atoms with Gasteiger partial charge in [0, 0.05) is 6.54 Å². The molecule has 0 radical (unpaired) electrons. The Morgan fingerprint density at radius 1 is 1.28 bits per heavy atom. The third kappa shape index (κ3) is 3.23. The van der Waals surface area contributed by atoms with E-state index < -0.39 is 0 Å². The van der Waals surface area contributed by atoms with Crippen LogP contribution in [0.3, 0.4) is 0 Å². The largest absolute Gasteiger partial charge is 0.463 e. The minimum atomic E-state index is 0.00607. The first kappa shape index (κ1) is 13.8. The minimum Gasteiger partial charge on any atom is -0.463 e. The highest BCUT2D eigenvalue weighted by molar-refractivity contribution is 5.76. The predicted molar refractivity (Wildman–Crippen MR) is 71.4 cm³/mol. The summed E-state index contributed by atoms with van der Waals surface area (Å²) in [6.07, 6.45) is 3.55. The fraction of sp³-hybridized carbons (Fsp3) is 0.929. The van der Waals surface area contributed by atoms with Gasteiger partial charge in [0.1, 0.15) is 12.6 Å². The van der Waals surface area contributed by atoms with Gasteiger partial charge in [0.2, 0.25) is 0 Å². The van der Waals surface area contributed by atoms with Crippen molar-refractivity contribution in [3.8, 4) is 0 Å². The second-order valence-corrected chi connectivity index (χ2v) is 5.43. The number of rotatable bonds is 6. The summed E-state index contributed by atoms with van der Waals surface area (Å²) in [5.74, 6) is 0.766. The molecule has 0 aromatic carbocycles. The van der Waals surface area contributed by atoms with E-state index in [2.05, 4.69) is 23.6 Å². The Bertz CT molecular complexity index is 271. The predicted octanol–water partition coefficient (Wildman–Crippen LogP) is 1.36. The number of esters is 1. The summed E-state index contributed by atoms with van der Waals surface area (Å²) in [6, 6.07) is 0.0502. The van der Waals surface area contributed by atoms with Crippen LogP contribution >= 0.6 is 0 Å². The number of ether oxygens (including phenoxy) is 1. The molecule has 0 saturated carbocycles. The lowest BCUT2D eigenvalue weighted by molar-refractivity contribution is -0.154. The van der Waals surface area contributed by atoms with Crippen LogP contribution in [0.2, 0.25) is 0 Å². The number of hydrogen-bond donors (Lipinski definition) is 0. The molecule has 1 unspecified atom stereocenters. The van der Waals surface area contributed by atoms with Gasteiger partial charge >= 0.3 is 5.97 Å². The Hall–Kier alpha value is -0.610. The molecule has 4 heteroatoms. The molecule has 3 heterocycles. The van der Waals surface area contributed by atoms with Crippen LogP contribution in [0, 0.1) is 5.92 Å². The van der Waals surface area contributed by atoms with Crippen LogP contribution in [0.15, 0.2) is 0 Å². The van der Waals surface area contributed by atoms with Gasteiger partial charge in [-0.25, -0.2) is 0 Å². The van der Waals surface area contributed by atoms with Crippen molar-refractivity contribution in [2.75, 3.05) is 39.3 Å². The molecule has 0 aliphatic carbocycles. The van der Waals surface area contributed by atoms with Gasteiger partial charge in [-0.15, -0.1) is 0 Å². The van der Waals surface area contributed by atoms with Crippen LogP contribution < -0.4 is 0 Å². The number of hydrogen-bond acceptors (Lipinski definition) is 4. The van der Waals surface area contributed by atoms with E-state index in [0.29, 0.717) is 6.61 Å². The van der Waals surface area contributed by atoms with E-state index in [0.717, 1.165) is 45.1 Å². The van der Waals surface area contributed by atoms with Crippen molar-refractivity contribution >= 4 is 5.97 Å². The fourth-order valence-corrected chi connectivity index (χ4v) is 3.12. The molecule has 0 aromatic heterocycles. The Labute approximate surface area is 110 Å². The number of piperidine rings is 3. The van der Waals surface area contributed by atoms with E-state index >= 15 is 0 Å². The van der Waals surface area contributed by atoms with Crippen LogP contribution in [-0.2, 0) is 9.53 Å². The maximum atomic E-state index is 12.1. The van der Waals surface area contributed by atoms with E-state index in [4.69, 9.17) is 4.74 Å². The van der Waals surface area contributed by atoms with Gasteiger partial charge < -0.3 is 9.64 Å². The summed E-state index contributed by atoms with van der Waals surface area (Å²) in [7, 11) is 0. The van der Waals surface area contributed by atoms with Crippen molar-refractivity contribution in [3.05, 3.63) is 0 Å². The standard InChI is InChI=1S/C14H26N2O2/c1-3-15(4-2)9-10-18-14(17)13-11-12-5-7-16(13)8-6-12/h12-13H,3-11H2,1-2H3. The summed E-state index contributed by atoms with van der Waals surface area (Å²) in [5.41, 5.74) is 0. The van der Waals surface area contributed by atoms with Crippen molar-refractivity contribution in [1.82, 2.24) is 9.80 Å². The molecular formula is C14H26N2O2. The molecule has 1 atom stereocenters. The molecule has 18 heavy (non-hydrogen) atoms. The van der Waals surface area contributed by atoms with Crippen LogP contribution in [0.5, 0.6) is 0 Å². The van der Waals surface area contributed by atoms with Gasteiger partial charge in [0.25, 0.3) is 0 Å². The van der Waals surface area contributed by atoms with E-state index in [1.165, 1.54) is 12.8 Å². The Kier molecular flexibility index (Phi) is 5.01. The molecule has 0 aromatic rings. The number of fused-ring (bicyclic) bond motifs is 3. The first-order chi connectivity index (χ1) is 8.74. The molecule has 0 amide bonds. The van der Waals surface area contributed by atoms with E-state index in [1.54, 1.807) is 0 Å². The fourth-order valence-electron chi connectivity index (χ4n) is 3.12. The lowest BCUT2D eigenvalue weighted by Gasteiger charge is -2.43. The molecule has 3 rings (SSSR count). The first-order valence-electron chi connectivity index (χ1n) is 7.37. The summed E-state index contributed by atoms with van der Waals surface area (Å²) in [5, 5.41) is 0. The molecule has 3 saturated heterocycles. The van der Waals surface area contributed by atoms with Gasteiger partial charge in [-0.05, 0) is 51.4 Å². The Balaban J connectivity index is 1.71. The summed E-state index contributed by atoms with van der Waals surface area (Å²) >= 11 is 0. The average Bonchev–Trinajstić information content (AvgIpc) is 2.44. The highest BCUT2D eigenvalue weighted by Gasteiger charge is 2.38. The summed E-state index contributed by atoms with van der Waals surface area (Å²) in [4.78, 5) is 16.6. The van der Waals surface area contributed by atoms with Crippen molar-refractivity contribution in [2.45, 2.75) is 39.2 Å². The van der Waals surface area contributed by atoms with Crippen LogP contribution in [-0.4, -0.2) is 61.1 Å². The molecule has 3 aliphatic heterocycles. The van der Waals surface area contributed by atoms with Crippen molar-refractivity contribution in [3.63, 3.8) is 0 Å². The highest BCUT2D eigenvalue weighted by Crippen LogP contribution is 2.32. The zero-order valence-corrected chi connectivity index (χ0v) is 11.7. The monoisotopic (exact) mass is 254 g/mol. The number of carbonyl (C=O) groups excluding carboxylic acids is 1. The zero-order chi connectivity index (χ0) is 13.0. The lowest BCUT2D eigenvalue weighted by atomic mass is 9.83. The molecule has 3 fully saturated rings. The van der Waals surface area contributed by atoms with Crippen LogP contribution in [0.1, 0.15) is 33.1 Å². The topological polar surface area (TPSA) is 32.8 Å². The average molecular weight is 254 g/mol. The Morgan fingerprint density at radius 2 is 1.94 bits per heavy atom. The minimum absolute atomic E-state index is 0.00607. The molecule has 2 bridgehead atoms. The van der Waals surface area contributed by atoms with Gasteiger partial charge in [-0.3, -0.25) is 9.69 Å². The zero-order valence-electron chi connectivity index (χ0n) is 11.7. The quantitative estimate of drug-likeness (QED) is 0.670. The van der Waals surface area contributed by atoms with Crippen LogP contribution in [0.4, 0.5) is 0 Å². The normalized spacial score (nSPS) is 30.7. The van der Waals surface area contributed by atoms with Gasteiger partial charge in [-0.1, -0.05) is 13.8 Å². The summed E-state index contributed by atoms with van der Waals surface area (Å²) in [6.45, 7) is 9.87. The number of carbonyl (C=O) groups is 1. The third-order valence-corrected chi connectivity index (χ3v) is 4.46. The molecule has 0 N–H and O–H groups in total. The smallest absolute Gasteiger partial charge is 0.323 e. The second-order valence-electron chi connectivity index (χ2n) is 5.43. The SMILES string of the molecule is CCN(CC)CCOC(=O)C1CC2CCN1CC2. The van der Waals surface area contributed by atoms with E-state index in [-0.39, 0.29) is 12.0 Å². The first-order valence-corrected chi connectivity index (χ1v) is 7.37. The molecule has 3 aliphatic rings. The van der Waals surface area contributed by atoms with Crippen molar-refractivity contribution in [1.29, 1.82) is 0 Å². The molecular weight excluding hydrogens is 228 g/mol. The molecule has 104 valence electrons. The van der Waals surface area contributed by atoms with Crippen molar-refractivity contribution < 1.29 is 9.53 Å². The lowest BCUT2D eigenvalue weighted by Crippen LogP contribution is -2.52. The van der Waals surface area contributed by atoms with E-state index in [1.807, 2.05) is 0 Å².